The fourth-order valence-corrected chi connectivity index (χ4v) is 4.15. The lowest BCUT2D eigenvalue weighted by Gasteiger charge is -2.13. The van der Waals surface area contributed by atoms with Gasteiger partial charge in [0.2, 0.25) is 0 Å². The third-order valence-electron chi connectivity index (χ3n) is 3.60. The van der Waals surface area contributed by atoms with Gasteiger partial charge in [0, 0.05) is 5.69 Å². The molecule has 1 heterocycles. The number of carbonyl (C=O) groups is 1. The fraction of sp³-hybridized carbons (Fsp3) is 0.167. The van der Waals surface area contributed by atoms with Crippen LogP contribution in [0.25, 0.3) is 10.8 Å². The van der Waals surface area contributed by atoms with Gasteiger partial charge in [-0.2, -0.15) is 0 Å². The molecule has 0 spiro atoms. The summed E-state index contributed by atoms with van der Waals surface area (Å²) in [5.41, 5.74) is 0.848. The third kappa shape index (κ3) is 4.41. The molecule has 118 valence electrons. The molecule has 0 saturated heterocycles. The van der Waals surface area contributed by atoms with E-state index < -0.39 is 0 Å². The van der Waals surface area contributed by atoms with Crippen molar-refractivity contribution < 1.29 is 9.69 Å². The number of carbonyl (C=O) groups excluding carboxylic acids is 1. The van der Waals surface area contributed by atoms with Crippen LogP contribution < -0.4 is 10.2 Å². The lowest BCUT2D eigenvalue weighted by Crippen LogP contribution is -3.08. The maximum atomic E-state index is 12.2. The summed E-state index contributed by atoms with van der Waals surface area (Å²) < 4.78 is 1.13. The van der Waals surface area contributed by atoms with Crippen molar-refractivity contribution in [3.63, 3.8) is 0 Å². The summed E-state index contributed by atoms with van der Waals surface area (Å²) in [5, 5.41) is 5.30. The van der Waals surface area contributed by atoms with Crippen LogP contribution >= 0.6 is 27.3 Å². The van der Waals surface area contributed by atoms with E-state index >= 15 is 0 Å². The zero-order valence-corrected chi connectivity index (χ0v) is 15.2. The summed E-state index contributed by atoms with van der Waals surface area (Å²) >= 11 is 5.18. The van der Waals surface area contributed by atoms with Gasteiger partial charge in [-0.3, -0.25) is 4.79 Å². The average Bonchev–Trinajstić information content (AvgIpc) is 2.91. The first-order chi connectivity index (χ1) is 11.1. The summed E-state index contributed by atoms with van der Waals surface area (Å²) in [4.78, 5) is 14.7. The summed E-state index contributed by atoms with van der Waals surface area (Å²) in [5.74, 6) is 0.0356. The zero-order valence-electron chi connectivity index (χ0n) is 12.8. The fourth-order valence-electron chi connectivity index (χ4n) is 2.55. The zero-order chi connectivity index (χ0) is 16.2. The van der Waals surface area contributed by atoms with E-state index in [-0.39, 0.29) is 5.91 Å². The van der Waals surface area contributed by atoms with Crippen LogP contribution in [0.1, 0.15) is 4.88 Å². The minimum Gasteiger partial charge on any atom is -0.325 e. The highest BCUT2D eigenvalue weighted by Crippen LogP contribution is 2.21. The van der Waals surface area contributed by atoms with Gasteiger partial charge >= 0.3 is 0 Å². The SMILES string of the molecule is C[NH+](CC(=O)Nc1ccc2ccccc2c1)Cc1ccc(Br)s1. The molecule has 1 aromatic heterocycles. The standard InChI is InChI=1S/C18H17BrN2OS/c1-21(11-16-8-9-17(19)23-16)12-18(22)20-15-7-6-13-4-2-3-5-14(13)10-15/h2-10H,11-12H2,1H3,(H,20,22)/p+1. The Morgan fingerprint density at radius 1 is 1.13 bits per heavy atom. The summed E-state index contributed by atoms with van der Waals surface area (Å²) in [6, 6.07) is 18.3. The molecule has 2 N–H and O–H groups in total. The minimum atomic E-state index is 0.0356. The van der Waals surface area contributed by atoms with Gasteiger partial charge in [0.1, 0.15) is 6.54 Å². The van der Waals surface area contributed by atoms with Gasteiger partial charge in [0.05, 0.1) is 15.7 Å². The Morgan fingerprint density at radius 3 is 2.65 bits per heavy atom. The van der Waals surface area contributed by atoms with Crippen LogP contribution in [-0.4, -0.2) is 19.5 Å². The number of hydrogen-bond donors (Lipinski definition) is 2. The molecule has 0 saturated carbocycles. The van der Waals surface area contributed by atoms with Crippen molar-refractivity contribution in [1.29, 1.82) is 0 Å². The van der Waals surface area contributed by atoms with E-state index in [0.717, 1.165) is 26.3 Å². The van der Waals surface area contributed by atoms with Crippen LogP contribution in [0, 0.1) is 0 Å². The maximum Gasteiger partial charge on any atom is 0.279 e. The van der Waals surface area contributed by atoms with Crippen LogP contribution in [0.2, 0.25) is 0 Å². The monoisotopic (exact) mass is 389 g/mol. The molecular formula is C18H18BrN2OS+. The second-order valence-electron chi connectivity index (χ2n) is 5.63. The Morgan fingerprint density at radius 2 is 1.91 bits per heavy atom. The quantitative estimate of drug-likeness (QED) is 0.689. The van der Waals surface area contributed by atoms with Crippen molar-refractivity contribution in [2.24, 2.45) is 0 Å². The highest BCUT2D eigenvalue weighted by molar-refractivity contribution is 9.11. The first kappa shape index (κ1) is 16.2. The molecule has 23 heavy (non-hydrogen) atoms. The van der Waals surface area contributed by atoms with Crippen molar-refractivity contribution in [1.82, 2.24) is 0 Å². The molecule has 0 fully saturated rings. The van der Waals surface area contributed by atoms with Crippen LogP contribution in [-0.2, 0) is 11.3 Å². The molecule has 1 unspecified atom stereocenters. The van der Waals surface area contributed by atoms with Gasteiger partial charge in [0.25, 0.3) is 5.91 Å². The molecule has 3 aromatic rings. The minimum absolute atomic E-state index is 0.0356. The summed E-state index contributed by atoms with van der Waals surface area (Å²) in [6.07, 6.45) is 0. The number of anilines is 1. The smallest absolute Gasteiger partial charge is 0.279 e. The lowest BCUT2D eigenvalue weighted by molar-refractivity contribution is -0.884. The normalized spacial score (nSPS) is 12.3. The summed E-state index contributed by atoms with van der Waals surface area (Å²) in [6.45, 7) is 1.30. The molecule has 0 aliphatic rings. The van der Waals surface area contributed by atoms with Crippen molar-refractivity contribution >= 4 is 49.6 Å². The molecule has 3 nitrogen and oxygen atoms in total. The number of rotatable bonds is 5. The molecule has 1 atom stereocenters. The molecule has 0 radical (unpaired) electrons. The van der Waals surface area contributed by atoms with E-state index in [0.29, 0.717) is 6.54 Å². The number of halogens is 1. The lowest BCUT2D eigenvalue weighted by atomic mass is 10.1. The predicted molar refractivity (Wildman–Crippen MR) is 100 cm³/mol. The predicted octanol–water partition coefficient (Wildman–Crippen LogP) is 3.32. The van der Waals surface area contributed by atoms with Crippen molar-refractivity contribution in [2.75, 3.05) is 18.9 Å². The van der Waals surface area contributed by atoms with Crippen molar-refractivity contribution in [3.05, 3.63) is 63.3 Å². The van der Waals surface area contributed by atoms with E-state index in [1.165, 1.54) is 10.3 Å². The Hall–Kier alpha value is -1.69. The van der Waals surface area contributed by atoms with Crippen LogP contribution in [0.15, 0.2) is 58.4 Å². The first-order valence-electron chi connectivity index (χ1n) is 7.44. The second-order valence-corrected chi connectivity index (χ2v) is 8.17. The van der Waals surface area contributed by atoms with Gasteiger partial charge < -0.3 is 10.2 Å². The molecule has 3 rings (SSSR count). The summed E-state index contributed by atoms with van der Waals surface area (Å²) in [7, 11) is 2.04. The number of thiophene rings is 1. The molecule has 2 aromatic carbocycles. The van der Waals surface area contributed by atoms with Gasteiger partial charge in [-0.25, -0.2) is 0 Å². The molecule has 1 amide bonds. The number of hydrogen-bond acceptors (Lipinski definition) is 2. The van der Waals surface area contributed by atoms with E-state index in [1.54, 1.807) is 11.3 Å². The Kier molecular flexibility index (Phi) is 5.10. The Balaban J connectivity index is 1.59. The molecular weight excluding hydrogens is 372 g/mol. The van der Waals surface area contributed by atoms with Gasteiger partial charge in [-0.05, 0) is 51.0 Å². The number of benzene rings is 2. The highest BCUT2D eigenvalue weighted by atomic mass is 79.9. The van der Waals surface area contributed by atoms with E-state index in [4.69, 9.17) is 0 Å². The number of amides is 1. The Labute approximate surface area is 148 Å². The molecule has 5 heteroatoms. The Bertz CT molecular complexity index is 831. The molecule has 0 aliphatic heterocycles. The number of fused-ring (bicyclic) bond motifs is 1. The largest absolute Gasteiger partial charge is 0.325 e. The van der Waals surface area contributed by atoms with Crippen LogP contribution in [0.3, 0.4) is 0 Å². The van der Waals surface area contributed by atoms with E-state index in [2.05, 4.69) is 39.4 Å². The van der Waals surface area contributed by atoms with E-state index in [9.17, 15) is 4.79 Å². The maximum absolute atomic E-state index is 12.2. The van der Waals surface area contributed by atoms with E-state index in [1.807, 2.05) is 43.4 Å². The number of likely N-dealkylation sites (N-methyl/N-ethyl adjacent to an activating group) is 1. The van der Waals surface area contributed by atoms with Gasteiger partial charge in [-0.15, -0.1) is 11.3 Å². The molecule has 0 aliphatic carbocycles. The topological polar surface area (TPSA) is 33.5 Å². The second kappa shape index (κ2) is 7.25. The first-order valence-corrected chi connectivity index (χ1v) is 9.05. The number of nitrogens with one attached hydrogen (secondary N) is 2. The number of quaternary nitrogens is 1. The van der Waals surface area contributed by atoms with Gasteiger partial charge in [0.15, 0.2) is 6.54 Å². The third-order valence-corrected chi connectivity index (χ3v) is 5.22. The van der Waals surface area contributed by atoms with Crippen LogP contribution in [0.4, 0.5) is 5.69 Å². The van der Waals surface area contributed by atoms with Crippen LogP contribution in [0.5, 0.6) is 0 Å². The highest BCUT2D eigenvalue weighted by Gasteiger charge is 2.12. The average molecular weight is 390 g/mol. The van der Waals surface area contributed by atoms with Gasteiger partial charge in [-0.1, -0.05) is 30.3 Å². The molecule has 0 bridgehead atoms. The van der Waals surface area contributed by atoms with Crippen molar-refractivity contribution in [3.8, 4) is 0 Å². The van der Waals surface area contributed by atoms with Crippen molar-refractivity contribution in [2.45, 2.75) is 6.54 Å².